The van der Waals surface area contributed by atoms with Gasteiger partial charge in [0.2, 0.25) is 0 Å². The third-order valence-corrected chi connectivity index (χ3v) is 5.77. The van der Waals surface area contributed by atoms with Gasteiger partial charge in [-0.1, -0.05) is 24.3 Å². The van der Waals surface area contributed by atoms with Gasteiger partial charge in [0, 0.05) is 10.6 Å². The van der Waals surface area contributed by atoms with E-state index in [1.165, 1.54) is 29.5 Å². The summed E-state index contributed by atoms with van der Waals surface area (Å²) in [5.74, 6) is -3.27. The Morgan fingerprint density at radius 2 is 1.93 bits per heavy atom. The van der Waals surface area contributed by atoms with E-state index in [0.717, 1.165) is 22.0 Å². The monoisotopic (exact) mass is 438 g/mol. The molecule has 0 fully saturated rings. The number of carboxylic acid groups (broad SMARTS) is 1. The fourth-order valence-electron chi connectivity index (χ4n) is 2.34. The largest absolute Gasteiger partial charge is 0.481 e. The second kappa shape index (κ2) is 8.66. The molecule has 2 N–H and O–H groups in total. The normalized spacial score (nSPS) is 12.2. The number of aromatic nitrogens is 1. The first-order chi connectivity index (χ1) is 13.7. The molecule has 1 amide bonds. The molecule has 29 heavy (non-hydrogen) atoms. The number of thioether (sulfide) groups is 1. The number of carbonyl (C=O) groups excluding carboxylic acids is 1. The first kappa shape index (κ1) is 20.9. The van der Waals surface area contributed by atoms with Gasteiger partial charge in [-0.3, -0.25) is 9.59 Å². The summed E-state index contributed by atoms with van der Waals surface area (Å²) in [5.41, 5.74) is 1.24. The number of nitrogens with one attached hydrogen (secondary N) is 1. The number of amides is 1. The van der Waals surface area contributed by atoms with Crippen molar-refractivity contribution >= 4 is 61.9 Å². The predicted octanol–water partition coefficient (Wildman–Crippen LogP) is 5.11. The number of para-hydroxylation sites is 1. The lowest BCUT2D eigenvalue weighted by atomic mass is 10.2. The van der Waals surface area contributed by atoms with Gasteiger partial charge in [-0.05, 0) is 35.9 Å². The number of halogens is 3. The zero-order valence-electron chi connectivity index (χ0n) is 14.6. The number of rotatable bonds is 6. The topological polar surface area (TPSA) is 79.3 Å². The minimum Gasteiger partial charge on any atom is -0.481 e. The standard InChI is InChI=1S/C19H13F3N2O3S2/c20-19(21,22)18(27)23-12-5-3-4-11(8-12)9-15(28-10-16(25)26)17-24-13-6-1-2-7-14(13)29-17/h1-9H,10H2,(H,23,27)(H,25,26)/b15-9-. The van der Waals surface area contributed by atoms with Gasteiger partial charge in [-0.25, -0.2) is 4.98 Å². The molecular formula is C19H13F3N2O3S2. The molecule has 0 aliphatic rings. The fourth-order valence-corrected chi connectivity index (χ4v) is 4.19. The highest BCUT2D eigenvalue weighted by molar-refractivity contribution is 8.09. The van der Waals surface area contributed by atoms with E-state index < -0.39 is 18.1 Å². The van der Waals surface area contributed by atoms with Crippen LogP contribution in [0.5, 0.6) is 0 Å². The number of fused-ring (bicyclic) bond motifs is 1. The lowest BCUT2D eigenvalue weighted by Gasteiger charge is -2.09. The molecule has 0 saturated carbocycles. The summed E-state index contributed by atoms with van der Waals surface area (Å²) in [6, 6.07) is 13.3. The first-order valence-corrected chi connectivity index (χ1v) is 9.93. The molecule has 0 bridgehead atoms. The number of carbonyl (C=O) groups is 2. The summed E-state index contributed by atoms with van der Waals surface area (Å²) < 4.78 is 38.3. The number of alkyl halides is 3. The number of hydrogen-bond acceptors (Lipinski definition) is 5. The second-order valence-electron chi connectivity index (χ2n) is 5.76. The Morgan fingerprint density at radius 1 is 1.17 bits per heavy atom. The van der Waals surface area contributed by atoms with Gasteiger partial charge in [-0.2, -0.15) is 13.2 Å². The summed E-state index contributed by atoms with van der Waals surface area (Å²) >= 11 is 2.44. The fraction of sp³-hybridized carbons (Fsp3) is 0.105. The number of aliphatic carboxylic acids is 1. The number of anilines is 1. The number of benzene rings is 2. The van der Waals surface area contributed by atoms with Crippen molar-refractivity contribution in [2.45, 2.75) is 6.18 Å². The Kier molecular flexibility index (Phi) is 6.23. The van der Waals surface area contributed by atoms with E-state index in [2.05, 4.69) is 4.98 Å². The zero-order chi connectivity index (χ0) is 21.0. The predicted molar refractivity (Wildman–Crippen MR) is 109 cm³/mol. The summed E-state index contributed by atoms with van der Waals surface area (Å²) in [6.45, 7) is 0. The van der Waals surface area contributed by atoms with Crippen molar-refractivity contribution in [3.05, 3.63) is 59.1 Å². The van der Waals surface area contributed by atoms with Crippen molar-refractivity contribution in [1.82, 2.24) is 4.98 Å². The van der Waals surface area contributed by atoms with E-state index in [1.807, 2.05) is 24.3 Å². The van der Waals surface area contributed by atoms with Gasteiger partial charge < -0.3 is 10.4 Å². The van der Waals surface area contributed by atoms with Crippen LogP contribution in [0.25, 0.3) is 21.2 Å². The van der Waals surface area contributed by atoms with E-state index in [4.69, 9.17) is 5.11 Å². The second-order valence-corrected chi connectivity index (χ2v) is 7.80. The molecule has 1 heterocycles. The maximum absolute atomic E-state index is 12.5. The van der Waals surface area contributed by atoms with Crippen LogP contribution in [0.1, 0.15) is 10.6 Å². The molecule has 5 nitrogen and oxygen atoms in total. The lowest BCUT2D eigenvalue weighted by Crippen LogP contribution is -2.29. The van der Waals surface area contributed by atoms with Gasteiger partial charge in [0.15, 0.2) is 0 Å². The zero-order valence-corrected chi connectivity index (χ0v) is 16.2. The Hall–Kier alpha value is -2.85. The summed E-state index contributed by atoms with van der Waals surface area (Å²) in [4.78, 5) is 27.2. The van der Waals surface area contributed by atoms with Gasteiger partial charge in [0.1, 0.15) is 5.01 Å². The minimum absolute atomic E-state index is 0.0204. The third-order valence-electron chi connectivity index (χ3n) is 3.56. The van der Waals surface area contributed by atoms with Gasteiger partial charge in [0.05, 0.1) is 16.0 Å². The van der Waals surface area contributed by atoms with E-state index in [0.29, 0.717) is 15.5 Å². The lowest BCUT2D eigenvalue weighted by molar-refractivity contribution is -0.167. The first-order valence-electron chi connectivity index (χ1n) is 8.13. The minimum atomic E-state index is -4.99. The number of hydrogen-bond donors (Lipinski definition) is 2. The number of thiazole rings is 1. The van der Waals surface area contributed by atoms with Gasteiger partial charge >= 0.3 is 18.1 Å². The quantitative estimate of drug-likeness (QED) is 0.559. The maximum Gasteiger partial charge on any atom is 0.471 e. The molecular weight excluding hydrogens is 425 g/mol. The van der Waals surface area contributed by atoms with Crippen molar-refractivity contribution in [3.63, 3.8) is 0 Å². The van der Waals surface area contributed by atoms with Crippen molar-refractivity contribution in [3.8, 4) is 0 Å². The Balaban J connectivity index is 1.94. The van der Waals surface area contributed by atoms with Crippen molar-refractivity contribution in [1.29, 1.82) is 0 Å². The van der Waals surface area contributed by atoms with Crippen LogP contribution < -0.4 is 5.32 Å². The molecule has 0 atom stereocenters. The molecule has 0 spiro atoms. The molecule has 0 saturated heterocycles. The molecule has 0 aliphatic carbocycles. The van der Waals surface area contributed by atoms with E-state index in [9.17, 15) is 22.8 Å². The maximum atomic E-state index is 12.5. The Morgan fingerprint density at radius 3 is 2.62 bits per heavy atom. The van der Waals surface area contributed by atoms with E-state index in [-0.39, 0.29) is 11.4 Å². The molecule has 3 aromatic rings. The van der Waals surface area contributed by atoms with Crippen molar-refractivity contribution < 1.29 is 27.9 Å². The highest BCUT2D eigenvalue weighted by Crippen LogP contribution is 2.35. The average Bonchev–Trinajstić information content (AvgIpc) is 3.08. The van der Waals surface area contributed by atoms with Gasteiger partial charge in [0.25, 0.3) is 0 Å². The Labute approximate surface area is 171 Å². The summed E-state index contributed by atoms with van der Waals surface area (Å²) in [6.07, 6.45) is -3.36. The SMILES string of the molecule is O=C(O)CS/C(=C\c1cccc(NC(=O)C(F)(F)F)c1)c1nc2ccccc2s1. The van der Waals surface area contributed by atoms with Crippen LogP contribution in [0.15, 0.2) is 48.5 Å². The third kappa shape index (κ3) is 5.58. The van der Waals surface area contributed by atoms with Crippen LogP contribution in [0.3, 0.4) is 0 Å². The molecule has 10 heteroatoms. The molecule has 0 unspecified atom stereocenters. The van der Waals surface area contributed by atoms with Crippen LogP contribution in [-0.4, -0.2) is 33.9 Å². The molecule has 150 valence electrons. The van der Waals surface area contributed by atoms with Crippen LogP contribution in [0.2, 0.25) is 0 Å². The Bertz CT molecular complexity index is 1060. The van der Waals surface area contributed by atoms with Crippen LogP contribution in [0, 0.1) is 0 Å². The summed E-state index contributed by atoms with van der Waals surface area (Å²) in [5, 5.41) is 11.4. The molecule has 0 aliphatic heterocycles. The van der Waals surface area contributed by atoms with Crippen molar-refractivity contribution in [2.24, 2.45) is 0 Å². The van der Waals surface area contributed by atoms with Crippen molar-refractivity contribution in [2.75, 3.05) is 11.1 Å². The number of nitrogens with zero attached hydrogens (tertiary/aromatic N) is 1. The number of carboxylic acids is 1. The highest BCUT2D eigenvalue weighted by atomic mass is 32.2. The van der Waals surface area contributed by atoms with Crippen LogP contribution in [0.4, 0.5) is 18.9 Å². The van der Waals surface area contributed by atoms with Crippen LogP contribution >= 0.6 is 23.1 Å². The van der Waals surface area contributed by atoms with Crippen LogP contribution in [-0.2, 0) is 9.59 Å². The van der Waals surface area contributed by atoms with E-state index >= 15 is 0 Å². The summed E-state index contributed by atoms with van der Waals surface area (Å²) in [7, 11) is 0. The van der Waals surface area contributed by atoms with E-state index in [1.54, 1.807) is 17.5 Å². The highest BCUT2D eigenvalue weighted by Gasteiger charge is 2.38. The smallest absolute Gasteiger partial charge is 0.471 e. The molecule has 3 rings (SSSR count). The molecule has 2 aromatic carbocycles. The average molecular weight is 438 g/mol. The molecule has 1 aromatic heterocycles. The van der Waals surface area contributed by atoms with Gasteiger partial charge in [-0.15, -0.1) is 23.1 Å². The molecule has 0 radical (unpaired) electrons.